The van der Waals surface area contributed by atoms with E-state index in [4.69, 9.17) is 11.6 Å². The molecule has 2 amide bonds. The summed E-state index contributed by atoms with van der Waals surface area (Å²) in [5.41, 5.74) is 2.06. The van der Waals surface area contributed by atoms with Crippen molar-refractivity contribution >= 4 is 34.8 Å². The summed E-state index contributed by atoms with van der Waals surface area (Å²) in [6, 6.07) is 22.6. The summed E-state index contributed by atoms with van der Waals surface area (Å²) in [5.74, 6) is -0.192. The fourth-order valence-corrected chi connectivity index (χ4v) is 2.74. The molecule has 0 aromatic heterocycles. The molecule has 0 aliphatic carbocycles. The Morgan fingerprint density at radius 3 is 2.15 bits per heavy atom. The number of ketones is 1. The molecule has 5 heteroatoms. The molecule has 26 heavy (non-hydrogen) atoms. The average molecular weight is 365 g/mol. The van der Waals surface area contributed by atoms with E-state index in [1.807, 2.05) is 24.3 Å². The number of carbonyl (C=O) groups excluding carboxylic acids is 2. The summed E-state index contributed by atoms with van der Waals surface area (Å²) >= 11 is 6.09. The lowest BCUT2D eigenvalue weighted by atomic mass is 10.0. The predicted molar refractivity (Wildman–Crippen MR) is 105 cm³/mol. The normalized spacial score (nSPS) is 10.2. The lowest BCUT2D eigenvalue weighted by Crippen LogP contribution is -2.32. The van der Waals surface area contributed by atoms with Crippen LogP contribution in [0.1, 0.15) is 15.9 Å². The highest BCUT2D eigenvalue weighted by molar-refractivity contribution is 6.31. The first kappa shape index (κ1) is 17.7. The maximum atomic E-state index is 12.9. The summed E-state index contributed by atoms with van der Waals surface area (Å²) in [4.78, 5) is 26.9. The van der Waals surface area contributed by atoms with Gasteiger partial charge in [0.15, 0.2) is 5.78 Å². The number of urea groups is 1. The number of carbonyl (C=O) groups is 2. The van der Waals surface area contributed by atoms with Crippen LogP contribution in [-0.2, 0) is 0 Å². The molecule has 0 saturated carbocycles. The Morgan fingerprint density at radius 2 is 1.50 bits per heavy atom. The van der Waals surface area contributed by atoms with Gasteiger partial charge in [0.1, 0.15) is 0 Å². The number of anilines is 2. The minimum Gasteiger partial charge on any atom is -0.308 e. The van der Waals surface area contributed by atoms with Crippen molar-refractivity contribution in [2.45, 2.75) is 0 Å². The van der Waals surface area contributed by atoms with Crippen molar-refractivity contribution in [1.82, 2.24) is 0 Å². The Bertz CT molecular complexity index is 927. The minimum atomic E-state index is -0.347. The molecule has 0 aliphatic rings. The Labute approximate surface area is 157 Å². The van der Waals surface area contributed by atoms with Gasteiger partial charge in [-0.25, -0.2) is 4.79 Å². The van der Waals surface area contributed by atoms with Gasteiger partial charge in [0.2, 0.25) is 0 Å². The molecular formula is C21H17ClN2O2. The van der Waals surface area contributed by atoms with Gasteiger partial charge in [-0.2, -0.15) is 0 Å². The number of hydrogen-bond donors (Lipinski definition) is 1. The van der Waals surface area contributed by atoms with Gasteiger partial charge >= 0.3 is 6.03 Å². The molecule has 4 nitrogen and oxygen atoms in total. The molecule has 3 rings (SSSR count). The topological polar surface area (TPSA) is 49.4 Å². The van der Waals surface area contributed by atoms with Gasteiger partial charge in [0.25, 0.3) is 0 Å². The second-order valence-corrected chi connectivity index (χ2v) is 6.15. The average Bonchev–Trinajstić information content (AvgIpc) is 2.68. The van der Waals surface area contributed by atoms with E-state index in [0.29, 0.717) is 27.5 Å². The molecular weight excluding hydrogens is 348 g/mol. The Morgan fingerprint density at radius 1 is 0.885 bits per heavy atom. The van der Waals surface area contributed by atoms with Crippen molar-refractivity contribution in [3.05, 3.63) is 95.0 Å². The van der Waals surface area contributed by atoms with Gasteiger partial charge in [-0.3, -0.25) is 9.69 Å². The van der Waals surface area contributed by atoms with E-state index in [0.717, 1.165) is 0 Å². The fourth-order valence-electron chi connectivity index (χ4n) is 2.57. The summed E-state index contributed by atoms with van der Waals surface area (Å²) in [5, 5.41) is 3.24. The molecule has 0 bridgehead atoms. The number of hydrogen-bond acceptors (Lipinski definition) is 2. The second kappa shape index (κ2) is 7.85. The van der Waals surface area contributed by atoms with E-state index in [2.05, 4.69) is 5.32 Å². The smallest absolute Gasteiger partial charge is 0.308 e. The van der Waals surface area contributed by atoms with Gasteiger partial charge < -0.3 is 5.32 Å². The van der Waals surface area contributed by atoms with Crippen molar-refractivity contribution < 1.29 is 9.59 Å². The maximum absolute atomic E-state index is 12.9. The van der Waals surface area contributed by atoms with Crippen molar-refractivity contribution in [3.63, 3.8) is 0 Å². The van der Waals surface area contributed by atoms with Crippen LogP contribution in [0.2, 0.25) is 5.02 Å². The van der Waals surface area contributed by atoms with Crippen LogP contribution in [0.15, 0.2) is 78.9 Å². The molecule has 0 unspecified atom stereocenters. The first-order chi connectivity index (χ1) is 12.6. The van der Waals surface area contributed by atoms with Crippen LogP contribution in [0.5, 0.6) is 0 Å². The van der Waals surface area contributed by atoms with Crippen LogP contribution < -0.4 is 10.2 Å². The fraction of sp³-hybridized carbons (Fsp3) is 0.0476. The largest absolute Gasteiger partial charge is 0.326 e. The number of amides is 2. The number of benzene rings is 3. The lowest BCUT2D eigenvalue weighted by molar-refractivity contribution is 0.103. The molecule has 0 fully saturated rings. The van der Waals surface area contributed by atoms with E-state index in [1.165, 1.54) is 4.90 Å². The van der Waals surface area contributed by atoms with Crippen molar-refractivity contribution in [3.8, 4) is 0 Å². The van der Waals surface area contributed by atoms with E-state index >= 15 is 0 Å². The highest BCUT2D eigenvalue weighted by Crippen LogP contribution is 2.26. The molecule has 0 spiro atoms. The van der Waals surface area contributed by atoms with Gasteiger partial charge in [-0.1, -0.05) is 60.1 Å². The molecule has 0 aliphatic heterocycles. The van der Waals surface area contributed by atoms with Crippen LogP contribution >= 0.6 is 11.6 Å². The molecule has 3 aromatic rings. The van der Waals surface area contributed by atoms with Gasteiger partial charge in [0.05, 0.1) is 5.69 Å². The molecule has 0 atom stereocenters. The van der Waals surface area contributed by atoms with Crippen LogP contribution in [0.4, 0.5) is 16.2 Å². The molecule has 1 N–H and O–H groups in total. The van der Waals surface area contributed by atoms with E-state index < -0.39 is 0 Å². The van der Waals surface area contributed by atoms with Crippen molar-refractivity contribution in [2.75, 3.05) is 17.3 Å². The second-order valence-electron chi connectivity index (χ2n) is 5.71. The zero-order valence-corrected chi connectivity index (χ0v) is 14.9. The number of nitrogens with zero attached hydrogens (tertiary/aromatic N) is 1. The van der Waals surface area contributed by atoms with Gasteiger partial charge in [0, 0.05) is 28.9 Å². The van der Waals surface area contributed by atoms with Gasteiger partial charge in [-0.15, -0.1) is 0 Å². The summed E-state index contributed by atoms with van der Waals surface area (Å²) < 4.78 is 0. The highest BCUT2D eigenvalue weighted by atomic mass is 35.5. The Kier molecular flexibility index (Phi) is 5.34. The number of rotatable bonds is 4. The summed E-state index contributed by atoms with van der Waals surface area (Å²) in [6.07, 6.45) is 0. The van der Waals surface area contributed by atoms with Crippen molar-refractivity contribution in [1.29, 1.82) is 0 Å². The van der Waals surface area contributed by atoms with Gasteiger partial charge in [-0.05, 0) is 30.3 Å². The standard InChI is InChI=1S/C21H17ClN2O2/c1-24(21(26)23-17-10-6-3-7-11-17)19-13-12-16(22)14-18(19)20(25)15-8-4-2-5-9-15/h2-14H,1H3,(H,23,26). The SMILES string of the molecule is CN(C(=O)Nc1ccccc1)c1ccc(Cl)cc1C(=O)c1ccccc1. The number of nitrogens with one attached hydrogen (secondary N) is 1. The number of halogens is 1. The van der Waals surface area contributed by atoms with E-state index in [1.54, 1.807) is 61.6 Å². The van der Waals surface area contributed by atoms with E-state index in [9.17, 15) is 9.59 Å². The van der Waals surface area contributed by atoms with Crippen LogP contribution in [0, 0.1) is 0 Å². The summed E-state index contributed by atoms with van der Waals surface area (Å²) in [6.45, 7) is 0. The molecule has 0 saturated heterocycles. The predicted octanol–water partition coefficient (Wildman–Crippen LogP) is 5.24. The third-order valence-corrected chi connectivity index (χ3v) is 4.17. The molecule has 0 radical (unpaired) electrons. The minimum absolute atomic E-state index is 0.192. The maximum Gasteiger partial charge on any atom is 0.326 e. The van der Waals surface area contributed by atoms with Crippen LogP contribution in [0.3, 0.4) is 0 Å². The first-order valence-corrected chi connectivity index (χ1v) is 8.43. The highest BCUT2D eigenvalue weighted by Gasteiger charge is 2.20. The zero-order chi connectivity index (χ0) is 18.5. The third kappa shape index (κ3) is 3.92. The first-order valence-electron chi connectivity index (χ1n) is 8.05. The molecule has 130 valence electrons. The van der Waals surface area contributed by atoms with Crippen molar-refractivity contribution in [2.24, 2.45) is 0 Å². The molecule has 3 aromatic carbocycles. The van der Waals surface area contributed by atoms with E-state index in [-0.39, 0.29) is 11.8 Å². The molecule has 0 heterocycles. The quantitative estimate of drug-likeness (QED) is 0.643. The lowest BCUT2D eigenvalue weighted by Gasteiger charge is -2.21. The van der Waals surface area contributed by atoms with Crippen LogP contribution in [-0.4, -0.2) is 18.9 Å². The Balaban J connectivity index is 1.92. The Hall–Kier alpha value is -3.11. The number of para-hydroxylation sites is 1. The zero-order valence-electron chi connectivity index (χ0n) is 14.1. The monoisotopic (exact) mass is 364 g/mol. The third-order valence-electron chi connectivity index (χ3n) is 3.93. The van der Waals surface area contributed by atoms with Crippen LogP contribution in [0.25, 0.3) is 0 Å². The summed E-state index contributed by atoms with van der Waals surface area (Å²) in [7, 11) is 1.61.